The van der Waals surface area contributed by atoms with Crippen molar-refractivity contribution >= 4 is 33.4 Å². The quantitative estimate of drug-likeness (QED) is 0.716. The number of nitrogens with one attached hydrogen (secondary N) is 1. The van der Waals surface area contributed by atoms with Gasteiger partial charge in [-0.15, -0.1) is 11.6 Å². The lowest BCUT2D eigenvalue weighted by atomic mass is 9.60. The molecule has 1 N–H and O–H groups in total. The number of carbonyl (C=O) groups excluding carboxylic acids is 1. The van der Waals surface area contributed by atoms with Gasteiger partial charge in [0.25, 0.3) is 0 Å². The number of alkyl halides is 4. The third kappa shape index (κ3) is 3.27. The first-order valence-electron chi connectivity index (χ1n) is 6.79. The van der Waals surface area contributed by atoms with Crippen LogP contribution in [0.1, 0.15) is 38.3 Å². The first kappa shape index (κ1) is 17.6. The summed E-state index contributed by atoms with van der Waals surface area (Å²) < 4.78 is 40.8. The lowest BCUT2D eigenvalue weighted by molar-refractivity contribution is -0.249. The van der Waals surface area contributed by atoms with E-state index in [1.165, 1.54) is 6.92 Å². The second-order valence-electron chi connectivity index (χ2n) is 6.09. The summed E-state index contributed by atoms with van der Waals surface area (Å²) in [5, 5.41) is 2.47. The Kier molecular flexibility index (Phi) is 4.57. The number of hydrogen-bond donors (Lipinski definition) is 1. The summed E-state index contributed by atoms with van der Waals surface area (Å²) in [5.74, 6) is -1.01. The lowest BCUT2D eigenvalue weighted by Crippen LogP contribution is -2.62. The number of hydrogen-bond acceptors (Lipinski definition) is 1. The van der Waals surface area contributed by atoms with Gasteiger partial charge in [-0.2, -0.15) is 13.2 Å². The van der Waals surface area contributed by atoms with Crippen LogP contribution in [0.2, 0.25) is 0 Å². The molecule has 1 unspecified atom stereocenters. The Morgan fingerprint density at radius 2 is 1.82 bits per heavy atom. The number of amides is 1. The van der Waals surface area contributed by atoms with Crippen molar-refractivity contribution < 1.29 is 18.0 Å². The van der Waals surface area contributed by atoms with E-state index in [9.17, 15) is 18.0 Å². The summed E-state index contributed by atoms with van der Waals surface area (Å²) >= 11 is 9.21. The smallest absolute Gasteiger partial charge is 0.349 e. The second-order valence-corrected chi connectivity index (χ2v) is 7.92. The van der Waals surface area contributed by atoms with Crippen LogP contribution in [0.5, 0.6) is 0 Å². The van der Waals surface area contributed by atoms with Crippen LogP contribution >= 0.6 is 27.5 Å². The number of benzene rings is 1. The minimum atomic E-state index is -4.61. The van der Waals surface area contributed by atoms with Gasteiger partial charge < -0.3 is 5.32 Å². The topological polar surface area (TPSA) is 29.1 Å². The van der Waals surface area contributed by atoms with Gasteiger partial charge in [0.1, 0.15) is 5.41 Å². The molecule has 122 valence electrons. The lowest BCUT2D eigenvalue weighted by Gasteiger charge is -2.50. The van der Waals surface area contributed by atoms with Crippen LogP contribution in [0.4, 0.5) is 13.2 Å². The summed E-state index contributed by atoms with van der Waals surface area (Å²) in [4.78, 5) is 11.3. The average Bonchev–Trinajstić information content (AvgIpc) is 2.34. The summed E-state index contributed by atoms with van der Waals surface area (Å²) in [6.07, 6.45) is -5.40. The molecule has 1 amide bonds. The Balaban J connectivity index is 2.14. The normalized spacial score (nSPS) is 29.6. The van der Waals surface area contributed by atoms with Crippen molar-refractivity contribution in [1.29, 1.82) is 0 Å². The van der Waals surface area contributed by atoms with E-state index in [0.717, 1.165) is 10.0 Å². The number of carbonyl (C=O) groups is 1. The molecular weight excluding hydrogens is 383 g/mol. The Bertz CT molecular complexity index is 563. The van der Waals surface area contributed by atoms with Crippen molar-refractivity contribution in [3.8, 4) is 0 Å². The van der Waals surface area contributed by atoms with Crippen molar-refractivity contribution in [2.75, 3.05) is 0 Å². The zero-order valence-electron chi connectivity index (χ0n) is 12.1. The van der Waals surface area contributed by atoms with Crippen molar-refractivity contribution in [3.63, 3.8) is 0 Å². The van der Waals surface area contributed by atoms with Crippen LogP contribution in [-0.4, -0.2) is 17.0 Å². The molecule has 1 aliphatic rings. The highest BCUT2D eigenvalue weighted by molar-refractivity contribution is 9.10. The monoisotopic (exact) mass is 397 g/mol. The molecule has 22 heavy (non-hydrogen) atoms. The zero-order valence-corrected chi connectivity index (χ0v) is 14.4. The van der Waals surface area contributed by atoms with Crippen LogP contribution < -0.4 is 5.32 Å². The summed E-state index contributed by atoms with van der Waals surface area (Å²) in [5.41, 5.74) is -1.64. The van der Waals surface area contributed by atoms with E-state index in [2.05, 4.69) is 21.2 Å². The highest BCUT2D eigenvalue weighted by atomic mass is 79.9. The molecule has 0 aliphatic heterocycles. The average molecular weight is 399 g/mol. The SMILES string of the molecule is CC(NC(=O)[C@]1(C(F)(F)F)C[C@@](C)(Cl)C1)c1ccc(Br)cc1. The van der Waals surface area contributed by atoms with Crippen LogP contribution in [-0.2, 0) is 4.79 Å². The molecule has 0 spiro atoms. The molecule has 1 aromatic carbocycles. The Labute approximate surface area is 140 Å². The third-order valence-corrected chi connectivity index (χ3v) is 4.83. The van der Waals surface area contributed by atoms with Crippen LogP contribution in [0.15, 0.2) is 28.7 Å². The minimum Gasteiger partial charge on any atom is -0.349 e. The largest absolute Gasteiger partial charge is 0.403 e. The van der Waals surface area contributed by atoms with Crippen molar-refractivity contribution in [3.05, 3.63) is 34.3 Å². The van der Waals surface area contributed by atoms with Crippen molar-refractivity contribution in [2.45, 2.75) is 43.8 Å². The number of rotatable bonds is 3. The summed E-state index contributed by atoms with van der Waals surface area (Å²) in [6, 6.07) is 6.54. The molecule has 0 saturated heterocycles. The van der Waals surface area contributed by atoms with Gasteiger partial charge in [0.2, 0.25) is 5.91 Å². The first-order valence-corrected chi connectivity index (χ1v) is 7.96. The van der Waals surface area contributed by atoms with Gasteiger partial charge in [-0.1, -0.05) is 28.1 Å². The fraction of sp³-hybridized carbons (Fsp3) is 0.533. The maximum Gasteiger partial charge on any atom is 0.403 e. The Morgan fingerprint density at radius 1 is 1.32 bits per heavy atom. The van der Waals surface area contributed by atoms with Gasteiger partial charge >= 0.3 is 6.18 Å². The van der Waals surface area contributed by atoms with Crippen LogP contribution in [0.3, 0.4) is 0 Å². The Hall–Kier alpha value is -0.750. The van der Waals surface area contributed by atoms with Gasteiger partial charge in [-0.25, -0.2) is 0 Å². The Morgan fingerprint density at radius 3 is 2.23 bits per heavy atom. The minimum absolute atomic E-state index is 0.399. The molecule has 0 heterocycles. The second kappa shape index (κ2) is 5.71. The summed E-state index contributed by atoms with van der Waals surface area (Å²) in [6.45, 7) is 3.17. The fourth-order valence-corrected chi connectivity index (χ4v) is 3.59. The van der Waals surface area contributed by atoms with E-state index in [1.54, 1.807) is 31.2 Å². The third-order valence-electron chi connectivity index (χ3n) is 4.04. The van der Waals surface area contributed by atoms with E-state index in [0.29, 0.717) is 0 Å². The van der Waals surface area contributed by atoms with Gasteiger partial charge in [0.05, 0.1) is 6.04 Å². The maximum absolute atomic E-state index is 13.3. The van der Waals surface area contributed by atoms with Crippen LogP contribution in [0, 0.1) is 5.41 Å². The molecule has 2 rings (SSSR count). The van der Waals surface area contributed by atoms with E-state index in [1.807, 2.05) is 0 Å². The number of halogens is 5. The molecule has 7 heteroatoms. The van der Waals surface area contributed by atoms with Gasteiger partial charge in [-0.3, -0.25) is 4.79 Å². The van der Waals surface area contributed by atoms with E-state index >= 15 is 0 Å². The van der Waals surface area contributed by atoms with Gasteiger partial charge in [-0.05, 0) is 44.4 Å². The zero-order chi connectivity index (χ0) is 16.8. The standard InChI is InChI=1S/C15H16BrClF3NO/c1-9(10-3-5-11(16)6-4-10)21-12(22)14(15(18,19)20)7-13(2,17)8-14/h3-6,9H,7-8H2,1-2H3,(H,21,22)/t9?,13-,14+. The molecule has 1 fully saturated rings. The molecule has 2 nitrogen and oxygen atoms in total. The molecule has 1 aromatic rings. The first-order chi connectivity index (χ1) is 9.97. The molecular formula is C15H16BrClF3NO. The molecule has 1 saturated carbocycles. The van der Waals surface area contributed by atoms with Crippen molar-refractivity contribution in [2.24, 2.45) is 5.41 Å². The highest BCUT2D eigenvalue weighted by Crippen LogP contribution is 2.60. The van der Waals surface area contributed by atoms with Gasteiger partial charge in [0, 0.05) is 9.35 Å². The van der Waals surface area contributed by atoms with E-state index < -0.39 is 41.3 Å². The van der Waals surface area contributed by atoms with Gasteiger partial charge in [0.15, 0.2) is 0 Å². The predicted octanol–water partition coefficient (Wildman–Crippen LogP) is 4.97. The maximum atomic E-state index is 13.3. The van der Waals surface area contributed by atoms with Crippen molar-refractivity contribution in [1.82, 2.24) is 5.32 Å². The predicted molar refractivity (Wildman–Crippen MR) is 82.7 cm³/mol. The fourth-order valence-electron chi connectivity index (χ4n) is 2.87. The molecule has 0 aromatic heterocycles. The summed E-state index contributed by atoms with van der Waals surface area (Å²) in [7, 11) is 0. The van der Waals surface area contributed by atoms with E-state index in [4.69, 9.17) is 11.6 Å². The van der Waals surface area contributed by atoms with E-state index in [-0.39, 0.29) is 0 Å². The molecule has 1 atom stereocenters. The molecule has 0 radical (unpaired) electrons. The molecule has 1 aliphatic carbocycles. The molecule has 0 bridgehead atoms. The highest BCUT2D eigenvalue weighted by Gasteiger charge is 2.70. The van der Waals surface area contributed by atoms with Crippen LogP contribution in [0.25, 0.3) is 0 Å².